The zero-order valence-corrected chi connectivity index (χ0v) is 9.75. The Balaban J connectivity index is 3.00. The van der Waals surface area contributed by atoms with E-state index in [9.17, 15) is 0 Å². The maximum atomic E-state index is 3.89. The zero-order valence-electron chi connectivity index (χ0n) is 8.75. The highest BCUT2D eigenvalue weighted by molar-refractivity contribution is 6.91. The molecule has 0 aliphatic rings. The van der Waals surface area contributed by atoms with Crippen molar-refractivity contribution in [2.24, 2.45) is 0 Å². The van der Waals surface area contributed by atoms with Crippen molar-refractivity contribution in [3.63, 3.8) is 0 Å². The number of benzene rings is 1. The average molecular weight is 190 g/mol. The van der Waals surface area contributed by atoms with Crippen molar-refractivity contribution in [1.82, 2.24) is 0 Å². The van der Waals surface area contributed by atoms with Gasteiger partial charge in [-0.1, -0.05) is 61.6 Å². The Morgan fingerprint density at radius 3 is 2.23 bits per heavy atom. The van der Waals surface area contributed by atoms with Crippen LogP contribution >= 0.6 is 0 Å². The van der Waals surface area contributed by atoms with Gasteiger partial charge in [-0.25, -0.2) is 0 Å². The van der Waals surface area contributed by atoms with Crippen LogP contribution in [0, 0.1) is 0 Å². The van der Waals surface area contributed by atoms with Crippen molar-refractivity contribution in [3.8, 4) is 0 Å². The molecule has 0 fully saturated rings. The average Bonchev–Trinajstić information content (AvgIpc) is 2.18. The molecule has 1 heteroatoms. The third kappa shape index (κ3) is 2.10. The highest BCUT2D eigenvalue weighted by Gasteiger charge is 2.27. The molecular weight excluding hydrogens is 172 g/mol. The molecule has 1 aromatic carbocycles. The molecule has 0 aliphatic heterocycles. The van der Waals surface area contributed by atoms with Gasteiger partial charge in [-0.05, 0) is 5.54 Å². The molecule has 1 atom stereocenters. The normalized spacial score (nSPS) is 13.8. The van der Waals surface area contributed by atoms with Crippen LogP contribution in [0.15, 0.2) is 43.0 Å². The van der Waals surface area contributed by atoms with Gasteiger partial charge in [0.1, 0.15) is 0 Å². The van der Waals surface area contributed by atoms with Crippen LogP contribution in [0.1, 0.15) is 6.92 Å². The summed E-state index contributed by atoms with van der Waals surface area (Å²) in [5.74, 6) is 0. The molecule has 0 spiro atoms. The highest BCUT2D eigenvalue weighted by atomic mass is 28.3. The number of allylic oxidation sites excluding steroid dienone is 1. The second kappa shape index (κ2) is 3.92. The fourth-order valence-corrected chi connectivity index (χ4v) is 3.59. The summed E-state index contributed by atoms with van der Waals surface area (Å²) in [7, 11) is -1.30. The fourth-order valence-electron chi connectivity index (χ4n) is 1.43. The van der Waals surface area contributed by atoms with Gasteiger partial charge in [0.15, 0.2) is 0 Å². The quantitative estimate of drug-likeness (QED) is 0.507. The van der Waals surface area contributed by atoms with Crippen LogP contribution in [0.2, 0.25) is 18.6 Å². The molecule has 1 aromatic rings. The number of hydrogen-bond donors (Lipinski definition) is 0. The second-order valence-electron chi connectivity index (χ2n) is 4.11. The maximum Gasteiger partial charge on any atom is 0.0870 e. The standard InChI is InChI=1S/C12H18Si/c1-5-11(2)13(3,4)12-9-7-6-8-10-12/h5-11H,1H2,2-4H3/t11-/m1/s1. The van der Waals surface area contributed by atoms with Crippen LogP contribution in [0.25, 0.3) is 0 Å². The maximum absolute atomic E-state index is 3.89. The highest BCUT2D eigenvalue weighted by Crippen LogP contribution is 2.21. The molecule has 1 rings (SSSR count). The molecule has 0 radical (unpaired) electrons. The Bertz CT molecular complexity index is 274. The number of hydrogen-bond acceptors (Lipinski definition) is 0. The first-order valence-electron chi connectivity index (χ1n) is 4.77. The van der Waals surface area contributed by atoms with Gasteiger partial charge < -0.3 is 0 Å². The molecule has 0 bridgehead atoms. The molecule has 0 nitrogen and oxygen atoms in total. The summed E-state index contributed by atoms with van der Waals surface area (Å²) in [6, 6.07) is 10.8. The van der Waals surface area contributed by atoms with E-state index in [-0.39, 0.29) is 0 Å². The van der Waals surface area contributed by atoms with Gasteiger partial charge >= 0.3 is 0 Å². The molecule has 13 heavy (non-hydrogen) atoms. The van der Waals surface area contributed by atoms with Gasteiger partial charge in [0.2, 0.25) is 0 Å². The van der Waals surface area contributed by atoms with E-state index >= 15 is 0 Å². The lowest BCUT2D eigenvalue weighted by atomic mass is 10.4. The largest absolute Gasteiger partial charge is 0.103 e. The topological polar surface area (TPSA) is 0 Å². The van der Waals surface area contributed by atoms with E-state index in [4.69, 9.17) is 0 Å². The van der Waals surface area contributed by atoms with E-state index in [0.29, 0.717) is 5.54 Å². The van der Waals surface area contributed by atoms with Gasteiger partial charge in [0, 0.05) is 0 Å². The van der Waals surface area contributed by atoms with E-state index in [1.165, 1.54) is 5.19 Å². The molecule has 0 aromatic heterocycles. The summed E-state index contributed by atoms with van der Waals surface area (Å²) in [5.41, 5.74) is 0.634. The molecule has 0 saturated heterocycles. The van der Waals surface area contributed by atoms with Gasteiger partial charge in [-0.15, -0.1) is 6.58 Å². The molecule has 0 N–H and O–H groups in total. The summed E-state index contributed by atoms with van der Waals surface area (Å²) in [5, 5.41) is 1.52. The summed E-state index contributed by atoms with van der Waals surface area (Å²) in [6.07, 6.45) is 2.08. The van der Waals surface area contributed by atoms with Crippen LogP contribution < -0.4 is 5.19 Å². The van der Waals surface area contributed by atoms with Crippen molar-refractivity contribution in [2.75, 3.05) is 0 Å². The van der Waals surface area contributed by atoms with E-state index < -0.39 is 8.07 Å². The van der Waals surface area contributed by atoms with Crippen molar-refractivity contribution < 1.29 is 0 Å². The van der Waals surface area contributed by atoms with Gasteiger partial charge in [-0.2, -0.15) is 0 Å². The molecule has 0 heterocycles. The third-order valence-corrected chi connectivity index (χ3v) is 7.34. The Kier molecular flexibility index (Phi) is 3.10. The van der Waals surface area contributed by atoms with Gasteiger partial charge in [0.05, 0.1) is 8.07 Å². The van der Waals surface area contributed by atoms with Gasteiger partial charge in [0.25, 0.3) is 0 Å². The fraction of sp³-hybridized carbons (Fsp3) is 0.333. The summed E-state index contributed by atoms with van der Waals surface area (Å²) in [4.78, 5) is 0. The van der Waals surface area contributed by atoms with Crippen LogP contribution in [-0.2, 0) is 0 Å². The molecule has 70 valence electrons. The van der Waals surface area contributed by atoms with Crippen LogP contribution in [0.4, 0.5) is 0 Å². The number of rotatable bonds is 3. The first kappa shape index (κ1) is 10.3. The molecular formula is C12H18Si. The van der Waals surface area contributed by atoms with E-state index in [0.717, 1.165) is 0 Å². The van der Waals surface area contributed by atoms with Crippen LogP contribution in [-0.4, -0.2) is 8.07 Å². The minimum atomic E-state index is -1.30. The Hall–Kier alpha value is -0.823. The van der Waals surface area contributed by atoms with Crippen LogP contribution in [0.5, 0.6) is 0 Å². The first-order valence-corrected chi connectivity index (χ1v) is 7.85. The lowest BCUT2D eigenvalue weighted by Crippen LogP contribution is -2.44. The first-order chi connectivity index (χ1) is 6.09. The predicted molar refractivity (Wildman–Crippen MR) is 63.2 cm³/mol. The van der Waals surface area contributed by atoms with E-state index in [1.54, 1.807) is 0 Å². The molecule has 0 saturated carbocycles. The lowest BCUT2D eigenvalue weighted by molar-refractivity contribution is 1.14. The van der Waals surface area contributed by atoms with Crippen molar-refractivity contribution in [2.45, 2.75) is 25.6 Å². The Morgan fingerprint density at radius 1 is 1.23 bits per heavy atom. The van der Waals surface area contributed by atoms with Crippen molar-refractivity contribution >= 4 is 13.3 Å². The molecule has 0 unspecified atom stereocenters. The monoisotopic (exact) mass is 190 g/mol. The van der Waals surface area contributed by atoms with Gasteiger partial charge in [-0.3, -0.25) is 0 Å². The minimum absolute atomic E-state index is 0.634. The summed E-state index contributed by atoms with van der Waals surface area (Å²) in [6.45, 7) is 11.0. The Labute approximate surface area is 82.3 Å². The van der Waals surface area contributed by atoms with Crippen molar-refractivity contribution in [3.05, 3.63) is 43.0 Å². The zero-order chi connectivity index (χ0) is 9.90. The lowest BCUT2D eigenvalue weighted by Gasteiger charge is -2.27. The molecule has 0 aliphatic carbocycles. The SMILES string of the molecule is C=C[C@@H](C)[Si](C)(C)c1ccccc1. The summed E-state index contributed by atoms with van der Waals surface area (Å²) >= 11 is 0. The third-order valence-electron chi connectivity index (χ3n) is 3.01. The van der Waals surface area contributed by atoms with Crippen molar-refractivity contribution in [1.29, 1.82) is 0 Å². The Morgan fingerprint density at radius 2 is 1.77 bits per heavy atom. The van der Waals surface area contributed by atoms with E-state index in [1.807, 2.05) is 0 Å². The molecule has 0 amide bonds. The summed E-state index contributed by atoms with van der Waals surface area (Å²) < 4.78 is 0. The van der Waals surface area contributed by atoms with E-state index in [2.05, 4.69) is 63.0 Å². The smallest absolute Gasteiger partial charge is 0.0870 e. The minimum Gasteiger partial charge on any atom is -0.103 e. The van der Waals surface area contributed by atoms with Crippen LogP contribution in [0.3, 0.4) is 0 Å². The predicted octanol–water partition coefficient (Wildman–Crippen LogP) is 3.18. The second-order valence-corrected chi connectivity index (χ2v) is 9.04.